The molecule has 0 saturated carbocycles. The predicted octanol–water partition coefficient (Wildman–Crippen LogP) is 2.88. The number of Topliss-reactive ketones (excluding diaryl/α,β-unsaturated/α-hetero) is 1. The molecule has 0 unspecified atom stereocenters. The summed E-state index contributed by atoms with van der Waals surface area (Å²) in [7, 11) is 0. The number of ketones is 1. The summed E-state index contributed by atoms with van der Waals surface area (Å²) >= 11 is 0. The third-order valence-electron chi connectivity index (χ3n) is 4.50. The van der Waals surface area contributed by atoms with Crippen LogP contribution in [0.15, 0.2) is 47.5 Å². The number of phenols is 4. The fourth-order valence-corrected chi connectivity index (χ4v) is 3.00. The van der Waals surface area contributed by atoms with Crippen LogP contribution in [0.4, 0.5) is 0 Å². The SMILES string of the molecule is CCN1C/C(=C\c2ccc(O)c(O)c2)C(=O)/C(=C/c2ccc(O)c(O)c2)C1. The van der Waals surface area contributed by atoms with E-state index in [1.54, 1.807) is 24.3 Å². The molecule has 1 heterocycles. The van der Waals surface area contributed by atoms with Crippen molar-refractivity contribution in [1.29, 1.82) is 0 Å². The van der Waals surface area contributed by atoms with Crippen molar-refractivity contribution in [1.82, 2.24) is 4.90 Å². The van der Waals surface area contributed by atoms with Crippen LogP contribution in [0.2, 0.25) is 0 Å². The highest BCUT2D eigenvalue weighted by molar-refractivity contribution is 6.14. The number of hydrogen-bond donors (Lipinski definition) is 4. The van der Waals surface area contributed by atoms with Crippen molar-refractivity contribution in [2.75, 3.05) is 19.6 Å². The summed E-state index contributed by atoms with van der Waals surface area (Å²) in [5.41, 5.74) is 2.38. The van der Waals surface area contributed by atoms with Crippen LogP contribution in [-0.2, 0) is 4.79 Å². The molecule has 1 saturated heterocycles. The summed E-state index contributed by atoms with van der Waals surface area (Å²) in [6, 6.07) is 8.82. The molecule has 0 aliphatic carbocycles. The molecule has 140 valence electrons. The molecule has 4 N–H and O–H groups in total. The van der Waals surface area contributed by atoms with Gasteiger partial charge in [0.1, 0.15) is 0 Å². The third-order valence-corrected chi connectivity index (χ3v) is 4.50. The maximum Gasteiger partial charge on any atom is 0.187 e. The fraction of sp³-hybridized carbons (Fsp3) is 0.190. The Labute approximate surface area is 156 Å². The van der Waals surface area contributed by atoms with Crippen LogP contribution in [-0.4, -0.2) is 50.7 Å². The van der Waals surface area contributed by atoms with E-state index in [2.05, 4.69) is 4.90 Å². The van der Waals surface area contributed by atoms with E-state index in [9.17, 15) is 25.2 Å². The van der Waals surface area contributed by atoms with Crippen molar-refractivity contribution in [2.24, 2.45) is 0 Å². The second-order valence-electron chi connectivity index (χ2n) is 6.47. The summed E-state index contributed by atoms with van der Waals surface area (Å²) in [6.45, 7) is 3.72. The van der Waals surface area contributed by atoms with Crippen molar-refractivity contribution < 1.29 is 25.2 Å². The van der Waals surface area contributed by atoms with Gasteiger partial charge in [-0.25, -0.2) is 0 Å². The van der Waals surface area contributed by atoms with Crippen LogP contribution in [0.3, 0.4) is 0 Å². The summed E-state index contributed by atoms with van der Waals surface area (Å²) in [6.07, 6.45) is 3.40. The highest BCUT2D eigenvalue weighted by atomic mass is 16.3. The average Bonchev–Trinajstić information content (AvgIpc) is 2.64. The molecule has 1 aliphatic heterocycles. The van der Waals surface area contributed by atoms with Gasteiger partial charge < -0.3 is 20.4 Å². The van der Waals surface area contributed by atoms with Crippen LogP contribution in [0.5, 0.6) is 23.0 Å². The van der Waals surface area contributed by atoms with Crippen LogP contribution >= 0.6 is 0 Å². The molecule has 27 heavy (non-hydrogen) atoms. The van der Waals surface area contributed by atoms with Gasteiger partial charge in [-0.2, -0.15) is 0 Å². The molecule has 0 spiro atoms. The number of hydrogen-bond acceptors (Lipinski definition) is 6. The largest absolute Gasteiger partial charge is 0.504 e. The molecular weight excluding hydrogens is 346 g/mol. The molecule has 1 fully saturated rings. The minimum Gasteiger partial charge on any atom is -0.504 e. The Kier molecular flexibility index (Phi) is 5.19. The summed E-state index contributed by atoms with van der Waals surface area (Å²) in [5, 5.41) is 38.2. The predicted molar refractivity (Wildman–Crippen MR) is 103 cm³/mol. The van der Waals surface area contributed by atoms with E-state index >= 15 is 0 Å². The Morgan fingerprint density at radius 3 is 1.63 bits per heavy atom. The highest BCUT2D eigenvalue weighted by Crippen LogP contribution is 2.29. The first-order valence-electron chi connectivity index (χ1n) is 8.59. The Balaban J connectivity index is 1.97. The Hall–Kier alpha value is -3.25. The number of benzene rings is 2. The lowest BCUT2D eigenvalue weighted by Crippen LogP contribution is -2.37. The van der Waals surface area contributed by atoms with Gasteiger partial charge >= 0.3 is 0 Å². The van der Waals surface area contributed by atoms with Gasteiger partial charge in [0.2, 0.25) is 0 Å². The lowest BCUT2D eigenvalue weighted by atomic mass is 9.94. The van der Waals surface area contributed by atoms with E-state index in [1.807, 2.05) is 6.92 Å². The quantitative estimate of drug-likeness (QED) is 0.492. The molecule has 6 nitrogen and oxygen atoms in total. The van der Waals surface area contributed by atoms with Gasteiger partial charge in [0, 0.05) is 24.2 Å². The first-order valence-corrected chi connectivity index (χ1v) is 8.59. The Morgan fingerprint density at radius 1 is 0.815 bits per heavy atom. The topological polar surface area (TPSA) is 101 Å². The fourth-order valence-electron chi connectivity index (χ4n) is 3.00. The van der Waals surface area contributed by atoms with Gasteiger partial charge in [-0.05, 0) is 54.1 Å². The maximum atomic E-state index is 12.9. The number of phenolic OH excluding ortho intramolecular Hbond substituents is 4. The smallest absolute Gasteiger partial charge is 0.187 e. The third kappa shape index (κ3) is 4.12. The summed E-state index contributed by atoms with van der Waals surface area (Å²) in [5.74, 6) is -1.02. The van der Waals surface area contributed by atoms with Crippen LogP contribution in [0.1, 0.15) is 18.1 Å². The highest BCUT2D eigenvalue weighted by Gasteiger charge is 2.25. The Bertz CT molecular complexity index is 872. The van der Waals surface area contributed by atoms with Gasteiger partial charge in [-0.1, -0.05) is 19.1 Å². The monoisotopic (exact) mass is 367 g/mol. The number of carbonyl (C=O) groups is 1. The minimum atomic E-state index is -0.240. The average molecular weight is 367 g/mol. The van der Waals surface area contributed by atoms with Crippen molar-refractivity contribution >= 4 is 17.9 Å². The van der Waals surface area contributed by atoms with Crippen molar-refractivity contribution in [3.63, 3.8) is 0 Å². The van der Waals surface area contributed by atoms with Gasteiger partial charge in [0.05, 0.1) is 0 Å². The zero-order chi connectivity index (χ0) is 19.6. The molecule has 0 radical (unpaired) electrons. The van der Waals surface area contributed by atoms with Crippen molar-refractivity contribution in [3.05, 3.63) is 58.7 Å². The first kappa shape index (κ1) is 18.5. The number of likely N-dealkylation sites (tertiary alicyclic amines) is 1. The van der Waals surface area contributed by atoms with Crippen molar-refractivity contribution in [2.45, 2.75) is 6.92 Å². The van der Waals surface area contributed by atoms with Gasteiger partial charge in [-0.15, -0.1) is 0 Å². The van der Waals surface area contributed by atoms with E-state index in [0.717, 1.165) is 6.54 Å². The van der Waals surface area contributed by atoms with Crippen LogP contribution < -0.4 is 0 Å². The van der Waals surface area contributed by atoms with Gasteiger partial charge in [0.25, 0.3) is 0 Å². The molecule has 0 amide bonds. The molecule has 6 heteroatoms. The zero-order valence-electron chi connectivity index (χ0n) is 14.9. The van der Waals surface area contributed by atoms with E-state index in [0.29, 0.717) is 35.4 Å². The number of nitrogens with zero attached hydrogens (tertiary/aromatic N) is 1. The Morgan fingerprint density at radius 2 is 1.26 bits per heavy atom. The van der Waals surface area contributed by atoms with E-state index < -0.39 is 0 Å². The second kappa shape index (κ2) is 7.55. The lowest BCUT2D eigenvalue weighted by Gasteiger charge is -2.28. The van der Waals surface area contributed by atoms with Gasteiger partial charge in [-0.3, -0.25) is 9.69 Å². The van der Waals surface area contributed by atoms with Crippen molar-refractivity contribution in [3.8, 4) is 23.0 Å². The second-order valence-corrected chi connectivity index (χ2v) is 6.47. The molecule has 2 aromatic carbocycles. The van der Waals surface area contributed by atoms with E-state index in [1.165, 1.54) is 24.3 Å². The molecule has 0 aromatic heterocycles. The molecule has 1 aliphatic rings. The van der Waals surface area contributed by atoms with Crippen LogP contribution in [0.25, 0.3) is 12.2 Å². The number of likely N-dealkylation sites (N-methyl/N-ethyl adjacent to an activating group) is 1. The molecule has 0 atom stereocenters. The number of aromatic hydroxyl groups is 4. The first-order chi connectivity index (χ1) is 12.9. The number of carbonyl (C=O) groups excluding carboxylic acids is 1. The number of rotatable bonds is 3. The molecule has 2 aromatic rings. The minimum absolute atomic E-state index is 0.111. The van der Waals surface area contributed by atoms with E-state index in [-0.39, 0.29) is 28.8 Å². The number of piperidine rings is 1. The van der Waals surface area contributed by atoms with E-state index in [4.69, 9.17) is 0 Å². The molecule has 0 bridgehead atoms. The summed E-state index contributed by atoms with van der Waals surface area (Å²) < 4.78 is 0. The van der Waals surface area contributed by atoms with Crippen LogP contribution in [0, 0.1) is 0 Å². The maximum absolute atomic E-state index is 12.9. The standard InChI is InChI=1S/C21H21NO5/c1-2-22-11-15(7-13-3-5-17(23)19(25)9-13)21(27)16(12-22)8-14-4-6-18(24)20(26)10-14/h3-10,23-26H,2,11-12H2,1H3/b15-7+,16-8+. The zero-order valence-corrected chi connectivity index (χ0v) is 14.9. The van der Waals surface area contributed by atoms with Gasteiger partial charge in [0.15, 0.2) is 28.8 Å². The normalized spacial score (nSPS) is 18.3. The lowest BCUT2D eigenvalue weighted by molar-refractivity contribution is -0.113. The summed E-state index contributed by atoms with van der Waals surface area (Å²) in [4.78, 5) is 15.0. The molecule has 3 rings (SSSR count). The molecular formula is C21H21NO5.